The lowest BCUT2D eigenvalue weighted by Gasteiger charge is -2.07. The van der Waals surface area contributed by atoms with E-state index >= 15 is 0 Å². The summed E-state index contributed by atoms with van der Waals surface area (Å²) >= 11 is 3.15. The van der Waals surface area contributed by atoms with Crippen molar-refractivity contribution in [2.24, 2.45) is 0 Å². The molecule has 0 bridgehead atoms. The van der Waals surface area contributed by atoms with Crippen molar-refractivity contribution in [1.82, 2.24) is 14.5 Å². The molecule has 0 saturated carbocycles. The highest BCUT2D eigenvalue weighted by Gasteiger charge is 2.27. The van der Waals surface area contributed by atoms with Crippen LogP contribution in [0.15, 0.2) is 16.7 Å². The number of hydrogen-bond donors (Lipinski definition) is 1. The number of aromatic nitrogens is 3. The third-order valence-corrected chi connectivity index (χ3v) is 3.31. The summed E-state index contributed by atoms with van der Waals surface area (Å²) in [4.78, 5) is 8.15. The Hall–Kier alpha value is -0.960. The highest BCUT2D eigenvalue weighted by atomic mass is 79.9. The van der Waals surface area contributed by atoms with E-state index in [4.69, 9.17) is 5.73 Å². The highest BCUT2D eigenvalue weighted by Crippen LogP contribution is 2.30. The van der Waals surface area contributed by atoms with Gasteiger partial charge in [0.15, 0.2) is 5.65 Å². The first-order valence-corrected chi connectivity index (χ1v) is 6.62. The lowest BCUT2D eigenvalue weighted by atomic mass is 10.4. The predicted molar refractivity (Wildman–Crippen MR) is 68.2 cm³/mol. The van der Waals surface area contributed by atoms with Crippen LogP contribution in [0.2, 0.25) is 0 Å². The molecule has 0 fully saturated rings. The number of rotatable bonds is 3. The van der Waals surface area contributed by atoms with Gasteiger partial charge in [-0.2, -0.15) is 13.2 Å². The molecule has 0 aliphatic rings. The predicted octanol–water partition coefficient (Wildman–Crippen LogP) is 3.03. The number of nitrogen functional groups attached to an aromatic ring is 1. The molecule has 2 heterocycles. The van der Waals surface area contributed by atoms with E-state index in [2.05, 4.69) is 25.9 Å². The fourth-order valence-corrected chi connectivity index (χ4v) is 2.30. The molecule has 0 spiro atoms. The van der Waals surface area contributed by atoms with Crippen molar-refractivity contribution in [2.45, 2.75) is 12.1 Å². The lowest BCUT2D eigenvalue weighted by molar-refractivity contribution is -0.0328. The Balaban J connectivity index is 2.20. The van der Waals surface area contributed by atoms with E-state index in [9.17, 15) is 13.2 Å². The normalized spacial score (nSPS) is 12.2. The summed E-state index contributed by atoms with van der Waals surface area (Å²) in [6.45, 7) is 0.112. The molecule has 18 heavy (non-hydrogen) atoms. The smallest absolute Gasteiger partial charge is 0.369 e. The van der Waals surface area contributed by atoms with Crippen LogP contribution in [0.25, 0.3) is 11.2 Å². The molecule has 0 unspecified atom stereocenters. The van der Waals surface area contributed by atoms with Crippen molar-refractivity contribution < 1.29 is 13.2 Å². The number of imidazole rings is 1. The Morgan fingerprint density at radius 2 is 2.17 bits per heavy atom. The molecule has 2 N–H and O–H groups in total. The van der Waals surface area contributed by atoms with Gasteiger partial charge in [0.05, 0.1) is 0 Å². The van der Waals surface area contributed by atoms with Crippen LogP contribution >= 0.6 is 27.7 Å². The van der Waals surface area contributed by atoms with Gasteiger partial charge in [-0.25, -0.2) is 9.97 Å². The van der Waals surface area contributed by atoms with E-state index in [1.807, 2.05) is 0 Å². The average molecular weight is 341 g/mol. The number of aryl methyl sites for hydroxylation is 1. The summed E-state index contributed by atoms with van der Waals surface area (Å²) in [6.07, 6.45) is 1.55. The summed E-state index contributed by atoms with van der Waals surface area (Å²) in [7, 11) is 0. The Morgan fingerprint density at radius 1 is 1.44 bits per heavy atom. The minimum Gasteiger partial charge on any atom is -0.369 e. The average Bonchev–Trinajstić information content (AvgIpc) is 2.52. The lowest BCUT2D eigenvalue weighted by Crippen LogP contribution is -2.09. The molecule has 0 aliphatic heterocycles. The van der Waals surface area contributed by atoms with E-state index in [-0.39, 0.29) is 30.0 Å². The third kappa shape index (κ3) is 3.08. The van der Waals surface area contributed by atoms with Gasteiger partial charge >= 0.3 is 5.51 Å². The number of alkyl halides is 3. The summed E-state index contributed by atoms with van der Waals surface area (Å²) < 4.78 is 38.3. The van der Waals surface area contributed by atoms with E-state index < -0.39 is 5.51 Å². The third-order valence-electron chi connectivity index (χ3n) is 2.16. The number of hydrogen-bond acceptors (Lipinski definition) is 4. The summed E-state index contributed by atoms with van der Waals surface area (Å²) in [5.41, 5.74) is 2.46. The summed E-state index contributed by atoms with van der Waals surface area (Å²) in [5.74, 6) is 0.0371. The van der Waals surface area contributed by atoms with Gasteiger partial charge < -0.3 is 5.73 Å². The number of halogens is 4. The minimum atomic E-state index is -4.23. The second-order valence-electron chi connectivity index (χ2n) is 3.41. The molecule has 0 radical (unpaired) electrons. The van der Waals surface area contributed by atoms with E-state index in [0.717, 1.165) is 4.47 Å². The van der Waals surface area contributed by atoms with Crippen LogP contribution in [0.1, 0.15) is 0 Å². The summed E-state index contributed by atoms with van der Waals surface area (Å²) in [5, 5.41) is 0. The number of anilines is 1. The van der Waals surface area contributed by atoms with Gasteiger partial charge in [0.25, 0.3) is 0 Å². The van der Waals surface area contributed by atoms with Crippen LogP contribution in [0, 0.1) is 0 Å². The van der Waals surface area contributed by atoms with Gasteiger partial charge in [-0.05, 0) is 33.8 Å². The topological polar surface area (TPSA) is 56.7 Å². The maximum absolute atomic E-state index is 12.0. The van der Waals surface area contributed by atoms with Gasteiger partial charge in [0.1, 0.15) is 5.52 Å². The molecule has 2 rings (SSSR count). The molecular weight excluding hydrogens is 333 g/mol. The Bertz CT molecular complexity index is 569. The molecule has 2 aromatic rings. The fourth-order valence-electron chi connectivity index (χ4n) is 1.48. The van der Waals surface area contributed by atoms with Gasteiger partial charge in [0, 0.05) is 23.0 Å². The molecule has 0 amide bonds. The van der Waals surface area contributed by atoms with Gasteiger partial charge in [-0.15, -0.1) is 0 Å². The first-order valence-electron chi connectivity index (χ1n) is 4.85. The summed E-state index contributed by atoms with van der Waals surface area (Å²) in [6, 6.07) is 1.71. The first kappa shape index (κ1) is 13.5. The van der Waals surface area contributed by atoms with Crippen molar-refractivity contribution >= 4 is 44.8 Å². The quantitative estimate of drug-likeness (QED) is 0.932. The van der Waals surface area contributed by atoms with E-state index in [0.29, 0.717) is 11.2 Å². The van der Waals surface area contributed by atoms with Crippen molar-refractivity contribution in [3.05, 3.63) is 16.7 Å². The zero-order chi connectivity index (χ0) is 13.3. The van der Waals surface area contributed by atoms with Crippen LogP contribution in [-0.2, 0) is 6.54 Å². The van der Waals surface area contributed by atoms with Crippen molar-refractivity contribution in [3.63, 3.8) is 0 Å². The maximum Gasteiger partial charge on any atom is 0.441 e. The molecule has 0 saturated heterocycles. The first-order chi connectivity index (χ1) is 8.37. The molecule has 9 heteroatoms. The molecule has 0 atom stereocenters. The molecule has 98 valence electrons. The second kappa shape index (κ2) is 4.96. The van der Waals surface area contributed by atoms with Crippen molar-refractivity contribution in [3.8, 4) is 0 Å². The van der Waals surface area contributed by atoms with Crippen molar-refractivity contribution in [1.29, 1.82) is 0 Å². The van der Waals surface area contributed by atoms with E-state index in [1.165, 1.54) is 4.57 Å². The fraction of sp³-hybridized carbons (Fsp3) is 0.333. The van der Waals surface area contributed by atoms with E-state index in [1.54, 1.807) is 12.3 Å². The zero-order valence-corrected chi connectivity index (χ0v) is 11.3. The molecule has 2 aromatic heterocycles. The van der Waals surface area contributed by atoms with Crippen molar-refractivity contribution in [2.75, 3.05) is 11.5 Å². The second-order valence-corrected chi connectivity index (χ2v) is 5.49. The van der Waals surface area contributed by atoms with Crippen LogP contribution in [0.3, 0.4) is 0 Å². The monoisotopic (exact) mass is 340 g/mol. The van der Waals surface area contributed by atoms with Gasteiger partial charge in [-0.1, -0.05) is 0 Å². The van der Waals surface area contributed by atoms with Crippen LogP contribution in [-0.4, -0.2) is 25.8 Å². The maximum atomic E-state index is 12.0. The Morgan fingerprint density at radius 3 is 2.83 bits per heavy atom. The number of thioether (sulfide) groups is 1. The highest BCUT2D eigenvalue weighted by molar-refractivity contribution is 9.10. The largest absolute Gasteiger partial charge is 0.441 e. The number of nitrogens with two attached hydrogens (primary N) is 1. The van der Waals surface area contributed by atoms with Crippen LogP contribution in [0.5, 0.6) is 0 Å². The van der Waals surface area contributed by atoms with Gasteiger partial charge in [0.2, 0.25) is 5.95 Å². The molecule has 4 nitrogen and oxygen atoms in total. The van der Waals surface area contributed by atoms with Gasteiger partial charge in [-0.3, -0.25) is 4.57 Å². The SMILES string of the molecule is Nc1nc2cc(Br)cnc2n1CCSC(F)(F)F. The number of fused-ring (bicyclic) bond motifs is 1. The molecule has 0 aromatic carbocycles. The molecule has 0 aliphatic carbocycles. The number of pyridine rings is 1. The zero-order valence-electron chi connectivity index (χ0n) is 8.91. The Labute approximate surface area is 113 Å². The van der Waals surface area contributed by atoms with Crippen LogP contribution in [0.4, 0.5) is 19.1 Å². The molecular formula is C9H8BrF3N4S. The Kier molecular flexibility index (Phi) is 3.71. The van der Waals surface area contributed by atoms with Crippen LogP contribution < -0.4 is 5.73 Å². The number of nitrogens with zero attached hydrogens (tertiary/aromatic N) is 3. The minimum absolute atomic E-state index is 0.0890. The standard InChI is InChI=1S/C9H8BrF3N4S/c10-5-3-6-7(15-4-5)17(8(14)16-6)1-2-18-9(11,12)13/h3-4H,1-2H2,(H2,14,16).